The zero-order chi connectivity index (χ0) is 18.7. The number of halogens is 1. The molecule has 1 heterocycles. The second-order valence-electron chi connectivity index (χ2n) is 6.23. The Bertz CT molecular complexity index is 871. The molecule has 1 fully saturated rings. The number of benzene rings is 2. The fraction of sp³-hybridized carbons (Fsp3) is 0.316. The Morgan fingerprint density at radius 2 is 1.62 bits per heavy atom. The molecule has 0 radical (unpaired) electrons. The predicted molar refractivity (Wildman–Crippen MR) is 103 cm³/mol. The Balaban J connectivity index is 1.66. The summed E-state index contributed by atoms with van der Waals surface area (Å²) < 4.78 is 32.9. The van der Waals surface area contributed by atoms with Crippen LogP contribution in [0.3, 0.4) is 0 Å². The van der Waals surface area contributed by atoms with E-state index in [1.54, 1.807) is 55.6 Å². The van der Waals surface area contributed by atoms with Crippen LogP contribution in [0.1, 0.15) is 23.2 Å². The topological polar surface area (TPSA) is 63.7 Å². The number of sulfonamides is 1. The largest absolute Gasteiger partial charge is 0.497 e. The molecule has 3 rings (SSSR count). The van der Waals surface area contributed by atoms with Crippen molar-refractivity contribution in [2.75, 3.05) is 20.2 Å². The summed E-state index contributed by atoms with van der Waals surface area (Å²) in [7, 11) is -1.94. The number of hydrogen-bond donors (Lipinski definition) is 0. The second kappa shape index (κ2) is 7.90. The third-order valence-electron chi connectivity index (χ3n) is 4.65. The van der Waals surface area contributed by atoms with Gasteiger partial charge >= 0.3 is 0 Å². The minimum Gasteiger partial charge on any atom is -0.497 e. The average molecular weight is 438 g/mol. The Labute approximate surface area is 162 Å². The Morgan fingerprint density at radius 3 is 2.15 bits per heavy atom. The van der Waals surface area contributed by atoms with Crippen molar-refractivity contribution < 1.29 is 17.9 Å². The van der Waals surface area contributed by atoms with Crippen molar-refractivity contribution in [2.24, 2.45) is 5.92 Å². The molecule has 1 saturated heterocycles. The lowest BCUT2D eigenvalue weighted by Crippen LogP contribution is -2.40. The molecule has 0 saturated carbocycles. The van der Waals surface area contributed by atoms with Gasteiger partial charge in [0, 0.05) is 29.0 Å². The lowest BCUT2D eigenvalue weighted by atomic mass is 9.89. The number of rotatable bonds is 5. The van der Waals surface area contributed by atoms with Crippen molar-refractivity contribution in [1.82, 2.24) is 4.31 Å². The SMILES string of the molecule is COc1ccc(C(=O)C2CCN(S(=O)(=O)c3ccc(Br)cc3)CC2)cc1. The molecule has 2 aromatic carbocycles. The molecule has 26 heavy (non-hydrogen) atoms. The standard InChI is InChI=1S/C19H20BrNO4S/c1-25-17-6-2-14(3-7-17)19(22)15-10-12-21(13-11-15)26(23,24)18-8-4-16(20)5-9-18/h2-9,15H,10-13H2,1H3. The molecule has 0 amide bonds. The maximum atomic E-state index is 12.7. The predicted octanol–water partition coefficient (Wildman–Crippen LogP) is 3.74. The van der Waals surface area contributed by atoms with E-state index in [1.807, 2.05) is 0 Å². The summed E-state index contributed by atoms with van der Waals surface area (Å²) >= 11 is 3.31. The van der Waals surface area contributed by atoms with Crippen LogP contribution in [-0.4, -0.2) is 38.7 Å². The molecule has 1 aliphatic heterocycles. The normalized spacial score (nSPS) is 16.4. The van der Waals surface area contributed by atoms with E-state index >= 15 is 0 Å². The van der Waals surface area contributed by atoms with E-state index in [9.17, 15) is 13.2 Å². The zero-order valence-corrected chi connectivity index (χ0v) is 16.8. The van der Waals surface area contributed by atoms with Crippen LogP contribution in [0.5, 0.6) is 5.75 Å². The van der Waals surface area contributed by atoms with E-state index in [0.717, 1.165) is 4.47 Å². The summed E-state index contributed by atoms with van der Waals surface area (Å²) in [5.41, 5.74) is 0.639. The summed E-state index contributed by atoms with van der Waals surface area (Å²) in [6.45, 7) is 0.704. The van der Waals surface area contributed by atoms with Crippen LogP contribution in [0, 0.1) is 5.92 Å². The highest BCUT2D eigenvalue weighted by Gasteiger charge is 2.32. The maximum Gasteiger partial charge on any atom is 0.243 e. The van der Waals surface area contributed by atoms with Crippen LogP contribution < -0.4 is 4.74 Å². The Morgan fingerprint density at radius 1 is 1.04 bits per heavy atom. The first kappa shape index (κ1) is 19.1. The van der Waals surface area contributed by atoms with Crippen molar-refractivity contribution in [3.05, 3.63) is 58.6 Å². The van der Waals surface area contributed by atoms with Crippen molar-refractivity contribution in [3.63, 3.8) is 0 Å². The summed E-state index contributed by atoms with van der Waals surface area (Å²) in [6.07, 6.45) is 1.06. The van der Waals surface area contributed by atoms with Gasteiger partial charge in [-0.05, 0) is 61.4 Å². The third-order valence-corrected chi connectivity index (χ3v) is 7.09. The first-order valence-electron chi connectivity index (χ1n) is 8.36. The molecule has 138 valence electrons. The summed E-state index contributed by atoms with van der Waals surface area (Å²) in [5, 5.41) is 0. The van der Waals surface area contributed by atoms with Gasteiger partial charge in [-0.25, -0.2) is 8.42 Å². The van der Waals surface area contributed by atoms with Crippen LogP contribution in [0.4, 0.5) is 0 Å². The number of carbonyl (C=O) groups excluding carboxylic acids is 1. The highest BCUT2D eigenvalue weighted by Crippen LogP contribution is 2.27. The van der Waals surface area contributed by atoms with Gasteiger partial charge in [-0.15, -0.1) is 0 Å². The Hall–Kier alpha value is -1.70. The minimum absolute atomic E-state index is 0.0633. The minimum atomic E-state index is -3.52. The number of methoxy groups -OCH3 is 1. The van der Waals surface area contributed by atoms with Crippen LogP contribution in [0.2, 0.25) is 0 Å². The Kier molecular flexibility index (Phi) is 5.79. The monoisotopic (exact) mass is 437 g/mol. The molecule has 0 spiro atoms. The summed E-state index contributed by atoms with van der Waals surface area (Å²) in [4.78, 5) is 12.9. The van der Waals surface area contributed by atoms with Gasteiger partial charge in [0.25, 0.3) is 0 Å². The molecule has 0 aromatic heterocycles. The van der Waals surface area contributed by atoms with Crippen molar-refractivity contribution in [2.45, 2.75) is 17.7 Å². The number of nitrogens with zero attached hydrogens (tertiary/aromatic N) is 1. The molecule has 0 unspecified atom stereocenters. The van der Waals surface area contributed by atoms with Crippen LogP contribution >= 0.6 is 15.9 Å². The van der Waals surface area contributed by atoms with Gasteiger partial charge in [-0.1, -0.05) is 15.9 Å². The maximum absolute atomic E-state index is 12.7. The number of hydrogen-bond acceptors (Lipinski definition) is 4. The smallest absolute Gasteiger partial charge is 0.243 e. The molecule has 0 N–H and O–H groups in total. The fourth-order valence-corrected chi connectivity index (χ4v) is 4.84. The van der Waals surface area contributed by atoms with Gasteiger partial charge in [-0.2, -0.15) is 4.31 Å². The molecular formula is C19H20BrNO4S. The second-order valence-corrected chi connectivity index (χ2v) is 9.08. The number of piperidine rings is 1. The van der Waals surface area contributed by atoms with Gasteiger partial charge in [0.05, 0.1) is 12.0 Å². The molecule has 2 aromatic rings. The number of ketones is 1. The van der Waals surface area contributed by atoms with Crippen molar-refractivity contribution in [1.29, 1.82) is 0 Å². The number of carbonyl (C=O) groups is 1. The lowest BCUT2D eigenvalue weighted by molar-refractivity contribution is 0.0875. The van der Waals surface area contributed by atoms with Gasteiger partial charge < -0.3 is 4.74 Å². The van der Waals surface area contributed by atoms with Crippen molar-refractivity contribution in [3.8, 4) is 5.75 Å². The van der Waals surface area contributed by atoms with E-state index in [0.29, 0.717) is 37.2 Å². The van der Waals surface area contributed by atoms with E-state index in [2.05, 4.69) is 15.9 Å². The molecule has 7 heteroatoms. The van der Waals surface area contributed by atoms with Gasteiger partial charge in [0.15, 0.2) is 5.78 Å². The van der Waals surface area contributed by atoms with E-state index in [4.69, 9.17) is 4.74 Å². The average Bonchev–Trinajstić information content (AvgIpc) is 2.68. The lowest BCUT2D eigenvalue weighted by Gasteiger charge is -2.30. The zero-order valence-electron chi connectivity index (χ0n) is 14.4. The summed E-state index contributed by atoms with van der Waals surface area (Å²) in [5.74, 6) is 0.616. The van der Waals surface area contributed by atoms with Crippen LogP contribution in [-0.2, 0) is 10.0 Å². The highest BCUT2D eigenvalue weighted by atomic mass is 79.9. The summed E-state index contributed by atoms with van der Waals surface area (Å²) in [6, 6.07) is 13.7. The number of ether oxygens (including phenoxy) is 1. The van der Waals surface area contributed by atoms with Gasteiger partial charge in [0.2, 0.25) is 10.0 Å². The van der Waals surface area contributed by atoms with Crippen molar-refractivity contribution >= 4 is 31.7 Å². The first-order valence-corrected chi connectivity index (χ1v) is 10.6. The molecule has 5 nitrogen and oxygen atoms in total. The molecular weight excluding hydrogens is 418 g/mol. The van der Waals surface area contributed by atoms with E-state index < -0.39 is 10.0 Å². The van der Waals surface area contributed by atoms with Crippen LogP contribution in [0.15, 0.2) is 57.9 Å². The third kappa shape index (κ3) is 4.00. The van der Waals surface area contributed by atoms with Gasteiger partial charge in [-0.3, -0.25) is 4.79 Å². The molecule has 1 aliphatic rings. The first-order chi connectivity index (χ1) is 12.4. The van der Waals surface area contributed by atoms with Crippen LogP contribution in [0.25, 0.3) is 0 Å². The number of Topliss-reactive ketones (excluding diaryl/α,β-unsaturated/α-hetero) is 1. The molecule has 0 bridgehead atoms. The fourth-order valence-electron chi connectivity index (χ4n) is 3.10. The highest BCUT2D eigenvalue weighted by molar-refractivity contribution is 9.10. The van der Waals surface area contributed by atoms with E-state index in [1.165, 1.54) is 4.31 Å². The quantitative estimate of drug-likeness (QED) is 0.668. The molecule has 0 aliphatic carbocycles. The van der Waals surface area contributed by atoms with E-state index in [-0.39, 0.29) is 16.6 Å². The van der Waals surface area contributed by atoms with Gasteiger partial charge in [0.1, 0.15) is 5.75 Å². The molecule has 0 atom stereocenters.